The highest BCUT2D eigenvalue weighted by molar-refractivity contribution is 5.91. The fraction of sp³-hybridized carbons (Fsp3) is 0.400. The van der Waals surface area contributed by atoms with E-state index in [0.29, 0.717) is 0 Å². The first-order chi connectivity index (χ1) is 14.9. The largest absolute Gasteiger partial charge is 0.461 e. The summed E-state index contributed by atoms with van der Waals surface area (Å²) in [5, 5.41) is 31.3. The lowest BCUT2D eigenvalue weighted by Gasteiger charge is -2.17. The molecular formula is C20H23N3O8. The predicted octanol–water partition coefficient (Wildman–Crippen LogP) is -0.683. The van der Waals surface area contributed by atoms with Crippen LogP contribution in [0.15, 0.2) is 47.4 Å². The Morgan fingerprint density at radius 2 is 1.87 bits per heavy atom. The first kappa shape index (κ1) is 22.6. The average molecular weight is 433 g/mol. The topological polar surface area (TPSA) is 160 Å². The molecule has 2 aromatic rings. The first-order valence-electron chi connectivity index (χ1n) is 9.60. The Balaban J connectivity index is 1.50. The Bertz CT molecular complexity index is 964. The zero-order valence-corrected chi connectivity index (χ0v) is 16.5. The van der Waals surface area contributed by atoms with Crippen LogP contribution in [0.3, 0.4) is 0 Å². The molecule has 0 aliphatic carbocycles. The maximum absolute atomic E-state index is 12.2. The molecule has 0 spiro atoms. The maximum Gasteiger partial charge on any atom is 0.351 e. The van der Waals surface area contributed by atoms with Gasteiger partial charge in [-0.3, -0.25) is 14.2 Å². The smallest absolute Gasteiger partial charge is 0.351 e. The predicted molar refractivity (Wildman–Crippen MR) is 106 cm³/mol. The van der Waals surface area contributed by atoms with Crippen LogP contribution >= 0.6 is 0 Å². The van der Waals surface area contributed by atoms with E-state index in [1.54, 1.807) is 0 Å². The summed E-state index contributed by atoms with van der Waals surface area (Å²) < 4.78 is 11.3. The van der Waals surface area contributed by atoms with Crippen molar-refractivity contribution in [2.75, 3.05) is 11.9 Å². The minimum atomic E-state index is -1.43. The van der Waals surface area contributed by atoms with Gasteiger partial charge in [0.1, 0.15) is 30.7 Å². The maximum atomic E-state index is 12.2. The number of anilines is 1. The molecule has 1 aromatic heterocycles. The van der Waals surface area contributed by atoms with Crippen molar-refractivity contribution in [2.24, 2.45) is 0 Å². The number of ether oxygens (including phenoxy) is 2. The Morgan fingerprint density at radius 1 is 1.13 bits per heavy atom. The van der Waals surface area contributed by atoms with E-state index >= 15 is 0 Å². The van der Waals surface area contributed by atoms with Crippen LogP contribution in [0.25, 0.3) is 0 Å². The van der Waals surface area contributed by atoms with Crippen molar-refractivity contribution in [3.8, 4) is 0 Å². The number of nitrogens with one attached hydrogen (secondary N) is 1. The van der Waals surface area contributed by atoms with E-state index in [0.717, 1.165) is 10.1 Å². The van der Waals surface area contributed by atoms with Crippen LogP contribution in [0.4, 0.5) is 5.82 Å². The molecule has 1 unspecified atom stereocenters. The van der Waals surface area contributed by atoms with Crippen LogP contribution in [0.2, 0.25) is 0 Å². The molecule has 4 atom stereocenters. The van der Waals surface area contributed by atoms with Gasteiger partial charge in [0.05, 0.1) is 13.0 Å². The van der Waals surface area contributed by atoms with E-state index in [1.807, 2.05) is 30.3 Å². The van der Waals surface area contributed by atoms with Crippen molar-refractivity contribution < 1.29 is 34.4 Å². The van der Waals surface area contributed by atoms with Crippen LogP contribution < -0.4 is 11.0 Å². The fourth-order valence-electron chi connectivity index (χ4n) is 3.02. The van der Waals surface area contributed by atoms with Gasteiger partial charge in [-0.1, -0.05) is 30.3 Å². The molecule has 1 aliphatic heterocycles. The number of carbonyl (C=O) groups is 2. The Labute approximate surface area is 176 Å². The van der Waals surface area contributed by atoms with Gasteiger partial charge in [0.15, 0.2) is 6.23 Å². The van der Waals surface area contributed by atoms with Gasteiger partial charge in [-0.2, -0.15) is 4.98 Å². The van der Waals surface area contributed by atoms with E-state index in [4.69, 9.17) is 14.6 Å². The van der Waals surface area contributed by atoms with Crippen LogP contribution in [0.5, 0.6) is 0 Å². The molecule has 1 fully saturated rings. The minimum Gasteiger partial charge on any atom is -0.461 e. The van der Waals surface area contributed by atoms with Crippen molar-refractivity contribution in [3.05, 3.63) is 58.6 Å². The van der Waals surface area contributed by atoms with E-state index in [-0.39, 0.29) is 25.3 Å². The second-order valence-electron chi connectivity index (χ2n) is 6.93. The Kier molecular flexibility index (Phi) is 7.47. The second kappa shape index (κ2) is 10.3. The van der Waals surface area contributed by atoms with E-state index in [2.05, 4.69) is 10.3 Å². The normalized spacial score (nSPS) is 22.8. The van der Waals surface area contributed by atoms with Gasteiger partial charge in [-0.25, -0.2) is 4.79 Å². The molecule has 0 bridgehead atoms. The highest BCUT2D eigenvalue weighted by Gasteiger charge is 2.43. The molecule has 11 heteroatoms. The number of aliphatic hydroxyl groups excluding tert-OH is 3. The first-order valence-corrected chi connectivity index (χ1v) is 9.60. The lowest BCUT2D eigenvalue weighted by atomic mass is 10.1. The van der Waals surface area contributed by atoms with Crippen molar-refractivity contribution in [3.63, 3.8) is 0 Å². The van der Waals surface area contributed by atoms with Crippen molar-refractivity contribution in [2.45, 2.75) is 44.0 Å². The zero-order valence-electron chi connectivity index (χ0n) is 16.5. The number of hydrogen-bond donors (Lipinski definition) is 4. The number of aromatic nitrogens is 2. The van der Waals surface area contributed by atoms with Crippen LogP contribution in [0.1, 0.15) is 24.6 Å². The molecule has 166 valence electrons. The fourth-order valence-corrected chi connectivity index (χ4v) is 3.02. The number of hydrogen-bond acceptors (Lipinski definition) is 9. The molecule has 31 heavy (non-hydrogen) atoms. The van der Waals surface area contributed by atoms with Crippen molar-refractivity contribution in [1.82, 2.24) is 9.55 Å². The highest BCUT2D eigenvalue weighted by atomic mass is 16.6. The number of esters is 1. The van der Waals surface area contributed by atoms with Gasteiger partial charge in [-0.15, -0.1) is 0 Å². The molecule has 1 aliphatic rings. The van der Waals surface area contributed by atoms with E-state index < -0.39 is 48.7 Å². The van der Waals surface area contributed by atoms with Gasteiger partial charge in [-0.05, 0) is 11.6 Å². The van der Waals surface area contributed by atoms with Gasteiger partial charge in [0, 0.05) is 12.6 Å². The SMILES string of the molecule is O=C(CCC(=O)OCc1ccccc1)Nc1ccn(C2O[C@H](CO)[C@@H](O)[C@@H]2O)c(=O)n1. The monoisotopic (exact) mass is 433 g/mol. The number of nitrogens with zero attached hydrogens (tertiary/aromatic N) is 2. The summed E-state index contributed by atoms with van der Waals surface area (Å²) in [5.41, 5.74) is -0.00540. The highest BCUT2D eigenvalue weighted by Crippen LogP contribution is 2.28. The Morgan fingerprint density at radius 3 is 2.52 bits per heavy atom. The molecule has 0 radical (unpaired) electrons. The summed E-state index contributed by atoms with van der Waals surface area (Å²) in [7, 11) is 0. The number of carbonyl (C=O) groups excluding carboxylic acids is 2. The van der Waals surface area contributed by atoms with Crippen molar-refractivity contribution >= 4 is 17.7 Å². The van der Waals surface area contributed by atoms with Gasteiger partial charge in [0.25, 0.3) is 0 Å². The third-order valence-corrected chi connectivity index (χ3v) is 4.69. The minimum absolute atomic E-state index is 0.0457. The van der Waals surface area contributed by atoms with E-state index in [1.165, 1.54) is 12.3 Å². The van der Waals surface area contributed by atoms with Crippen LogP contribution in [-0.4, -0.2) is 61.7 Å². The molecule has 11 nitrogen and oxygen atoms in total. The molecule has 1 saturated heterocycles. The third kappa shape index (κ3) is 5.73. The van der Waals surface area contributed by atoms with Gasteiger partial charge in [0.2, 0.25) is 5.91 Å². The molecule has 1 aromatic carbocycles. The number of rotatable bonds is 8. The molecule has 0 saturated carbocycles. The zero-order chi connectivity index (χ0) is 22.4. The quantitative estimate of drug-likeness (QED) is 0.395. The van der Waals surface area contributed by atoms with Gasteiger partial charge < -0.3 is 30.1 Å². The lowest BCUT2D eigenvalue weighted by Crippen LogP contribution is -2.36. The van der Waals surface area contributed by atoms with Gasteiger partial charge >= 0.3 is 11.7 Å². The van der Waals surface area contributed by atoms with Crippen molar-refractivity contribution in [1.29, 1.82) is 0 Å². The Hall–Kier alpha value is -3.12. The number of benzene rings is 1. The lowest BCUT2D eigenvalue weighted by molar-refractivity contribution is -0.145. The summed E-state index contributed by atoms with van der Waals surface area (Å²) in [6.07, 6.45) is -4.11. The second-order valence-corrected chi connectivity index (χ2v) is 6.93. The van der Waals surface area contributed by atoms with Crippen LogP contribution in [0, 0.1) is 0 Å². The standard InChI is InChI=1S/C20H23N3O8/c24-10-13-17(27)18(28)19(31-13)23-9-8-14(22-20(23)29)21-15(25)6-7-16(26)30-11-12-4-2-1-3-5-12/h1-5,8-9,13,17-19,24,27-28H,6-7,10-11H2,(H,21,22,25,29)/t13-,17-,18+,19?/m1/s1. The molecule has 2 heterocycles. The molecule has 1 amide bonds. The molecule has 4 N–H and O–H groups in total. The molecular weight excluding hydrogens is 410 g/mol. The summed E-state index contributed by atoms with van der Waals surface area (Å²) in [5.74, 6) is -1.11. The number of amides is 1. The number of aliphatic hydroxyl groups is 3. The summed E-state index contributed by atoms with van der Waals surface area (Å²) in [4.78, 5) is 39.7. The average Bonchev–Trinajstić information content (AvgIpc) is 3.05. The van der Waals surface area contributed by atoms with E-state index in [9.17, 15) is 24.6 Å². The molecule has 3 rings (SSSR count). The third-order valence-electron chi connectivity index (χ3n) is 4.69. The summed E-state index contributed by atoms with van der Waals surface area (Å²) in [6.45, 7) is -0.416. The summed E-state index contributed by atoms with van der Waals surface area (Å²) in [6, 6.07) is 10.4. The summed E-state index contributed by atoms with van der Waals surface area (Å²) >= 11 is 0. The van der Waals surface area contributed by atoms with Crippen LogP contribution in [-0.2, 0) is 25.7 Å².